The van der Waals surface area contributed by atoms with E-state index in [1.165, 1.54) is 42.1 Å². The summed E-state index contributed by atoms with van der Waals surface area (Å²) in [5.74, 6) is -0.565. The first-order valence-corrected chi connectivity index (χ1v) is 11.6. The normalized spacial score (nSPS) is 11.7. The summed E-state index contributed by atoms with van der Waals surface area (Å²) in [7, 11) is 0. The van der Waals surface area contributed by atoms with Crippen LogP contribution in [-0.2, 0) is 11.2 Å². The molecule has 1 aliphatic rings. The molecule has 0 aliphatic carbocycles. The van der Waals surface area contributed by atoms with Crippen molar-refractivity contribution in [2.45, 2.75) is 11.4 Å². The molecule has 0 spiro atoms. The third-order valence-corrected chi connectivity index (χ3v) is 6.32. The average molecular weight is 487 g/mol. The van der Waals surface area contributed by atoms with Crippen LogP contribution in [0.1, 0.15) is 21.5 Å². The standard InChI is InChI=1S/C26H18FN3O4S/c27-18-10-8-15(9-11-18)23-29-24-20(13-16-4-1-2-7-21(16)34-24)25(30-23)35-14-22(31)28-19-6-3-5-17(12-19)26(32)33/h1-12H,13-14H2,(H,28,31)(H,32,33)/p-1. The van der Waals surface area contributed by atoms with Gasteiger partial charge >= 0.3 is 0 Å². The quantitative estimate of drug-likeness (QED) is 0.285. The minimum absolute atomic E-state index is 0.0174. The molecular weight excluding hydrogens is 469 g/mol. The maximum atomic E-state index is 13.4. The zero-order valence-electron chi connectivity index (χ0n) is 18.2. The summed E-state index contributed by atoms with van der Waals surface area (Å²) in [6.07, 6.45) is 0.535. The van der Waals surface area contributed by atoms with Gasteiger partial charge in [-0.05, 0) is 53.6 Å². The van der Waals surface area contributed by atoms with E-state index < -0.39 is 5.97 Å². The summed E-state index contributed by atoms with van der Waals surface area (Å²) < 4.78 is 19.5. The smallest absolute Gasteiger partial charge is 0.234 e. The Kier molecular flexibility index (Phi) is 6.15. The highest BCUT2D eigenvalue weighted by molar-refractivity contribution is 8.00. The second-order valence-corrected chi connectivity index (χ2v) is 8.70. The summed E-state index contributed by atoms with van der Waals surface area (Å²) in [4.78, 5) is 32.9. The fourth-order valence-electron chi connectivity index (χ4n) is 3.63. The first-order chi connectivity index (χ1) is 17.0. The molecule has 0 fully saturated rings. The topological polar surface area (TPSA) is 104 Å². The number of carbonyl (C=O) groups is 2. The van der Waals surface area contributed by atoms with Gasteiger partial charge < -0.3 is 20.0 Å². The molecule has 1 aromatic heterocycles. The molecule has 0 saturated heterocycles. The molecule has 0 atom stereocenters. The van der Waals surface area contributed by atoms with Crippen molar-refractivity contribution in [2.75, 3.05) is 11.1 Å². The number of rotatable bonds is 6. The van der Waals surface area contributed by atoms with Gasteiger partial charge in [0.25, 0.3) is 0 Å². The molecule has 0 unspecified atom stereocenters. The van der Waals surface area contributed by atoms with Gasteiger partial charge in [0.05, 0.1) is 17.3 Å². The van der Waals surface area contributed by atoms with Gasteiger partial charge in [-0.2, -0.15) is 4.98 Å². The zero-order valence-corrected chi connectivity index (χ0v) is 19.0. The molecule has 5 rings (SSSR count). The van der Waals surface area contributed by atoms with E-state index in [2.05, 4.69) is 15.3 Å². The Morgan fingerprint density at radius 1 is 1.03 bits per heavy atom. The number of amides is 1. The maximum absolute atomic E-state index is 13.4. The van der Waals surface area contributed by atoms with E-state index in [-0.39, 0.29) is 23.0 Å². The third-order valence-electron chi connectivity index (χ3n) is 5.30. The van der Waals surface area contributed by atoms with Gasteiger partial charge in [0, 0.05) is 17.7 Å². The molecule has 0 saturated carbocycles. The molecule has 9 heteroatoms. The number of ether oxygens (including phenoxy) is 1. The predicted octanol–water partition coefficient (Wildman–Crippen LogP) is 4.07. The Hall–Kier alpha value is -4.24. The molecule has 1 aliphatic heterocycles. The molecule has 0 radical (unpaired) electrons. The SMILES string of the molecule is O=C(CSc1nc(-c2ccc(F)cc2)nc2c1Cc1ccccc1O2)Nc1cccc(C(=O)[O-])c1. The second kappa shape index (κ2) is 9.55. The van der Waals surface area contributed by atoms with Gasteiger partial charge in [0.1, 0.15) is 16.6 Å². The molecule has 4 aromatic rings. The number of thioether (sulfide) groups is 1. The maximum Gasteiger partial charge on any atom is 0.234 e. The van der Waals surface area contributed by atoms with Crippen molar-refractivity contribution in [1.82, 2.24) is 9.97 Å². The van der Waals surface area contributed by atoms with Gasteiger partial charge in [0.2, 0.25) is 11.8 Å². The summed E-state index contributed by atoms with van der Waals surface area (Å²) >= 11 is 1.21. The number of aromatic carboxylic acids is 1. The van der Waals surface area contributed by atoms with E-state index in [0.29, 0.717) is 40.2 Å². The number of aromatic nitrogens is 2. The summed E-state index contributed by atoms with van der Waals surface area (Å²) in [5.41, 5.74) is 2.67. The van der Waals surface area contributed by atoms with Crippen molar-refractivity contribution in [3.63, 3.8) is 0 Å². The molecule has 3 aromatic carbocycles. The van der Waals surface area contributed by atoms with Gasteiger partial charge in [-0.15, -0.1) is 0 Å². The van der Waals surface area contributed by atoms with Gasteiger partial charge in [-0.1, -0.05) is 42.1 Å². The lowest BCUT2D eigenvalue weighted by Crippen LogP contribution is -2.22. The lowest BCUT2D eigenvalue weighted by atomic mass is 10.0. The number of carbonyl (C=O) groups excluding carboxylic acids is 2. The molecule has 174 valence electrons. The molecule has 0 bridgehead atoms. The number of nitrogens with zero attached hydrogens (tertiary/aromatic N) is 2. The first-order valence-electron chi connectivity index (χ1n) is 10.6. The van der Waals surface area contributed by atoms with Crippen LogP contribution in [0.3, 0.4) is 0 Å². The predicted molar refractivity (Wildman–Crippen MR) is 127 cm³/mol. The highest BCUT2D eigenvalue weighted by atomic mass is 32.2. The average Bonchev–Trinajstić information content (AvgIpc) is 2.86. The van der Waals surface area contributed by atoms with Crippen LogP contribution in [-0.4, -0.2) is 27.6 Å². The number of hydrogen-bond acceptors (Lipinski definition) is 7. The fourth-order valence-corrected chi connectivity index (χ4v) is 4.45. The Balaban J connectivity index is 1.42. The lowest BCUT2D eigenvalue weighted by molar-refractivity contribution is -0.255. The Bertz CT molecular complexity index is 1440. The van der Waals surface area contributed by atoms with Crippen LogP contribution in [0.5, 0.6) is 11.6 Å². The van der Waals surface area contributed by atoms with E-state index in [4.69, 9.17) is 4.74 Å². The largest absolute Gasteiger partial charge is 0.545 e. The number of carboxylic acid groups (broad SMARTS) is 1. The van der Waals surface area contributed by atoms with Crippen molar-refractivity contribution in [2.24, 2.45) is 0 Å². The van der Waals surface area contributed by atoms with E-state index in [9.17, 15) is 19.1 Å². The minimum atomic E-state index is -1.32. The number of nitrogens with one attached hydrogen (secondary N) is 1. The van der Waals surface area contributed by atoms with Gasteiger partial charge in [0.15, 0.2) is 5.82 Å². The van der Waals surface area contributed by atoms with Crippen LogP contribution in [0.25, 0.3) is 11.4 Å². The number of halogens is 1. The number of hydrogen-bond donors (Lipinski definition) is 1. The molecule has 1 N–H and O–H groups in total. The Morgan fingerprint density at radius 2 is 1.83 bits per heavy atom. The van der Waals surface area contributed by atoms with Crippen molar-refractivity contribution in [3.05, 3.63) is 95.3 Å². The van der Waals surface area contributed by atoms with Crippen molar-refractivity contribution < 1.29 is 23.8 Å². The fraction of sp³-hybridized carbons (Fsp3) is 0.0769. The van der Waals surface area contributed by atoms with Gasteiger partial charge in [-0.3, -0.25) is 4.79 Å². The number of fused-ring (bicyclic) bond motifs is 2. The summed E-state index contributed by atoms with van der Waals surface area (Å²) in [5, 5.41) is 14.3. The molecular formula is C26H17FN3O4S-. The number of anilines is 1. The van der Waals surface area contributed by atoms with Crippen LogP contribution in [0.2, 0.25) is 0 Å². The molecule has 1 amide bonds. The van der Waals surface area contributed by atoms with Crippen LogP contribution < -0.4 is 15.2 Å². The van der Waals surface area contributed by atoms with Crippen LogP contribution in [0.4, 0.5) is 10.1 Å². The lowest BCUT2D eigenvalue weighted by Gasteiger charge is -2.21. The molecule has 7 nitrogen and oxygen atoms in total. The van der Waals surface area contributed by atoms with E-state index >= 15 is 0 Å². The number of carboxylic acids is 1. The zero-order chi connectivity index (χ0) is 24.4. The number of para-hydroxylation sites is 1. The van der Waals surface area contributed by atoms with Crippen molar-refractivity contribution >= 4 is 29.3 Å². The Labute approximate surface area is 204 Å². The molecule has 35 heavy (non-hydrogen) atoms. The van der Waals surface area contributed by atoms with E-state index in [1.54, 1.807) is 18.2 Å². The van der Waals surface area contributed by atoms with Crippen molar-refractivity contribution in [3.8, 4) is 23.0 Å². The van der Waals surface area contributed by atoms with Crippen molar-refractivity contribution in [1.29, 1.82) is 0 Å². The highest BCUT2D eigenvalue weighted by Crippen LogP contribution is 2.40. The minimum Gasteiger partial charge on any atom is -0.545 e. The third kappa shape index (κ3) is 4.99. The summed E-state index contributed by atoms with van der Waals surface area (Å²) in [6, 6.07) is 19.3. The Morgan fingerprint density at radius 3 is 2.63 bits per heavy atom. The van der Waals surface area contributed by atoms with E-state index in [1.807, 2.05) is 24.3 Å². The van der Waals surface area contributed by atoms with E-state index in [0.717, 1.165) is 11.1 Å². The van der Waals surface area contributed by atoms with Gasteiger partial charge in [-0.25, -0.2) is 9.37 Å². The molecule has 2 heterocycles. The first kappa shape index (κ1) is 22.5. The van der Waals surface area contributed by atoms with Crippen LogP contribution in [0, 0.1) is 5.82 Å². The van der Waals surface area contributed by atoms with Crippen LogP contribution in [0.15, 0.2) is 77.8 Å². The second-order valence-electron chi connectivity index (χ2n) is 7.73. The monoisotopic (exact) mass is 486 g/mol. The highest BCUT2D eigenvalue weighted by Gasteiger charge is 2.24. The number of benzene rings is 3. The van der Waals surface area contributed by atoms with Crippen LogP contribution >= 0.6 is 11.8 Å². The summed E-state index contributed by atoms with van der Waals surface area (Å²) in [6.45, 7) is 0.